The molecule has 1 aromatic heterocycles. The highest BCUT2D eigenvalue weighted by Gasteiger charge is 2.27. The molecule has 2 heterocycles. The van der Waals surface area contributed by atoms with Gasteiger partial charge in [0.2, 0.25) is 0 Å². The molecule has 1 aliphatic heterocycles. The van der Waals surface area contributed by atoms with Crippen molar-refractivity contribution in [3.63, 3.8) is 0 Å². The Morgan fingerprint density at radius 1 is 1.25 bits per heavy atom. The van der Waals surface area contributed by atoms with Gasteiger partial charge in [-0.05, 0) is 43.4 Å². The van der Waals surface area contributed by atoms with E-state index < -0.39 is 0 Å². The van der Waals surface area contributed by atoms with Crippen molar-refractivity contribution in [2.45, 2.75) is 33.6 Å². The summed E-state index contributed by atoms with van der Waals surface area (Å²) in [7, 11) is 0. The first kappa shape index (κ1) is 13.2. The van der Waals surface area contributed by atoms with Crippen LogP contribution in [0.25, 0.3) is 10.8 Å². The van der Waals surface area contributed by atoms with Crippen LogP contribution >= 0.6 is 0 Å². The second kappa shape index (κ2) is 4.65. The molecule has 3 rings (SSSR count). The van der Waals surface area contributed by atoms with Gasteiger partial charge in [0.05, 0.1) is 0 Å². The van der Waals surface area contributed by atoms with E-state index >= 15 is 0 Å². The van der Waals surface area contributed by atoms with Gasteiger partial charge in [0.1, 0.15) is 0 Å². The van der Waals surface area contributed by atoms with Gasteiger partial charge in [0.15, 0.2) is 0 Å². The Labute approximate surface area is 120 Å². The predicted molar refractivity (Wildman–Crippen MR) is 86.1 cm³/mol. The van der Waals surface area contributed by atoms with Gasteiger partial charge in [-0.25, -0.2) is 0 Å². The van der Waals surface area contributed by atoms with Crippen LogP contribution in [0.5, 0.6) is 0 Å². The quantitative estimate of drug-likeness (QED) is 0.802. The van der Waals surface area contributed by atoms with E-state index in [1.807, 2.05) is 19.2 Å². The fraction of sp³-hybridized carbons (Fsp3) is 0.471. The Morgan fingerprint density at radius 2 is 2.05 bits per heavy atom. The number of hydrogen-bond acceptors (Lipinski definition) is 3. The largest absolute Gasteiger partial charge is 0.398 e. The maximum Gasteiger partial charge on any atom is 0.0448 e. The van der Waals surface area contributed by atoms with E-state index in [1.165, 1.54) is 23.9 Å². The summed E-state index contributed by atoms with van der Waals surface area (Å²) in [5, 5.41) is 2.30. The summed E-state index contributed by atoms with van der Waals surface area (Å²) in [6, 6.07) is 6.33. The first-order valence-electron chi connectivity index (χ1n) is 7.36. The van der Waals surface area contributed by atoms with Crippen LogP contribution in [0.15, 0.2) is 24.4 Å². The minimum Gasteiger partial charge on any atom is -0.398 e. The van der Waals surface area contributed by atoms with E-state index in [0.717, 1.165) is 29.9 Å². The van der Waals surface area contributed by atoms with Crippen molar-refractivity contribution >= 4 is 22.1 Å². The monoisotopic (exact) mass is 269 g/mol. The number of anilines is 2. The van der Waals surface area contributed by atoms with Crippen molar-refractivity contribution in [3.05, 3.63) is 30.1 Å². The highest BCUT2D eigenvalue weighted by atomic mass is 15.1. The average Bonchev–Trinajstić information content (AvgIpc) is 2.37. The van der Waals surface area contributed by atoms with E-state index in [9.17, 15) is 0 Å². The molecule has 0 spiro atoms. The summed E-state index contributed by atoms with van der Waals surface area (Å²) < 4.78 is 0. The van der Waals surface area contributed by atoms with Gasteiger partial charge < -0.3 is 10.6 Å². The summed E-state index contributed by atoms with van der Waals surface area (Å²) in [4.78, 5) is 6.89. The summed E-state index contributed by atoms with van der Waals surface area (Å²) in [6.07, 6.45) is 4.46. The number of aromatic nitrogens is 1. The molecule has 0 aliphatic carbocycles. The van der Waals surface area contributed by atoms with Gasteiger partial charge in [0, 0.05) is 47.1 Å². The Morgan fingerprint density at radius 3 is 2.80 bits per heavy atom. The number of aryl methyl sites for hydroxylation is 1. The maximum atomic E-state index is 6.10. The third-order valence-corrected chi connectivity index (χ3v) is 4.29. The molecule has 1 saturated heterocycles. The topological polar surface area (TPSA) is 42.1 Å². The first-order chi connectivity index (χ1) is 9.46. The molecule has 0 radical (unpaired) electrons. The van der Waals surface area contributed by atoms with Crippen molar-refractivity contribution in [3.8, 4) is 0 Å². The number of nitrogens with two attached hydrogens (primary N) is 1. The molecule has 3 nitrogen and oxygen atoms in total. The van der Waals surface area contributed by atoms with Crippen molar-refractivity contribution < 1.29 is 0 Å². The Balaban J connectivity index is 2.11. The van der Waals surface area contributed by atoms with Gasteiger partial charge in [-0.15, -0.1) is 0 Å². The normalized spacial score (nSPS) is 18.4. The van der Waals surface area contributed by atoms with Crippen molar-refractivity contribution in [2.75, 3.05) is 23.7 Å². The fourth-order valence-corrected chi connectivity index (χ4v) is 3.25. The van der Waals surface area contributed by atoms with Crippen LogP contribution in [0.3, 0.4) is 0 Å². The zero-order chi connectivity index (χ0) is 14.3. The lowest BCUT2D eigenvalue weighted by Crippen LogP contribution is -2.40. The van der Waals surface area contributed by atoms with Crippen LogP contribution in [0, 0.1) is 12.3 Å². The summed E-state index contributed by atoms with van der Waals surface area (Å²) >= 11 is 0. The van der Waals surface area contributed by atoms with E-state index in [1.54, 1.807) is 0 Å². The highest BCUT2D eigenvalue weighted by molar-refractivity contribution is 6.01. The fourth-order valence-electron chi connectivity index (χ4n) is 3.25. The van der Waals surface area contributed by atoms with Gasteiger partial charge in [-0.3, -0.25) is 4.98 Å². The van der Waals surface area contributed by atoms with Gasteiger partial charge in [0.25, 0.3) is 0 Å². The Kier molecular flexibility index (Phi) is 3.08. The molecular formula is C17H23N3. The Hall–Kier alpha value is -1.77. The molecule has 1 aliphatic rings. The SMILES string of the molecule is Cc1cc2c(N3CCCC(C)(C)C3)ccc(N)c2cn1. The van der Waals surface area contributed by atoms with E-state index in [0.29, 0.717) is 5.41 Å². The van der Waals surface area contributed by atoms with Crippen LogP contribution in [0.1, 0.15) is 32.4 Å². The van der Waals surface area contributed by atoms with Crippen molar-refractivity contribution in [2.24, 2.45) is 5.41 Å². The van der Waals surface area contributed by atoms with Gasteiger partial charge in [-0.1, -0.05) is 13.8 Å². The van der Waals surface area contributed by atoms with Gasteiger partial charge >= 0.3 is 0 Å². The molecule has 0 unspecified atom stereocenters. The second-order valence-electron chi connectivity index (χ2n) is 6.73. The van der Waals surface area contributed by atoms with Gasteiger partial charge in [-0.2, -0.15) is 0 Å². The third-order valence-electron chi connectivity index (χ3n) is 4.29. The first-order valence-corrected chi connectivity index (χ1v) is 7.36. The highest BCUT2D eigenvalue weighted by Crippen LogP contribution is 2.36. The number of fused-ring (bicyclic) bond motifs is 1. The molecule has 0 bridgehead atoms. The third kappa shape index (κ3) is 2.33. The maximum absolute atomic E-state index is 6.10. The number of pyridine rings is 1. The standard InChI is InChI=1S/C17H23N3/c1-12-9-13-14(10-19-12)15(18)5-6-16(13)20-8-4-7-17(2,3)11-20/h5-6,9-10H,4,7-8,11,18H2,1-3H3. The zero-order valence-electron chi connectivity index (χ0n) is 12.6. The molecule has 0 atom stereocenters. The van der Waals surface area contributed by atoms with Crippen LogP contribution in [0.4, 0.5) is 11.4 Å². The molecule has 1 fully saturated rings. The molecule has 1 aromatic carbocycles. The minimum atomic E-state index is 0.383. The molecular weight excluding hydrogens is 246 g/mol. The number of rotatable bonds is 1. The number of piperidine rings is 1. The number of nitrogen functional groups attached to an aromatic ring is 1. The lowest BCUT2D eigenvalue weighted by Gasteiger charge is -2.40. The molecule has 2 aromatic rings. The number of benzene rings is 1. The van der Waals surface area contributed by atoms with E-state index in [2.05, 4.69) is 35.9 Å². The average molecular weight is 269 g/mol. The molecule has 2 N–H and O–H groups in total. The zero-order valence-corrected chi connectivity index (χ0v) is 12.6. The summed E-state index contributed by atoms with van der Waals surface area (Å²) in [5.74, 6) is 0. The predicted octanol–water partition coefficient (Wildman–Crippen LogP) is 3.75. The molecule has 106 valence electrons. The minimum absolute atomic E-state index is 0.383. The van der Waals surface area contributed by atoms with Crippen LogP contribution in [0.2, 0.25) is 0 Å². The lowest BCUT2D eigenvalue weighted by atomic mass is 9.84. The van der Waals surface area contributed by atoms with Crippen molar-refractivity contribution in [1.29, 1.82) is 0 Å². The second-order valence-corrected chi connectivity index (χ2v) is 6.73. The molecule has 0 saturated carbocycles. The molecule has 20 heavy (non-hydrogen) atoms. The van der Waals surface area contributed by atoms with E-state index in [4.69, 9.17) is 5.73 Å². The lowest BCUT2D eigenvalue weighted by molar-refractivity contribution is 0.293. The smallest absolute Gasteiger partial charge is 0.0448 e. The Bertz CT molecular complexity index is 646. The number of hydrogen-bond donors (Lipinski definition) is 1. The summed E-state index contributed by atoms with van der Waals surface area (Å²) in [5.41, 5.74) is 9.64. The van der Waals surface area contributed by atoms with Crippen LogP contribution < -0.4 is 10.6 Å². The van der Waals surface area contributed by atoms with Crippen LogP contribution in [-0.2, 0) is 0 Å². The molecule has 0 amide bonds. The summed E-state index contributed by atoms with van der Waals surface area (Å²) in [6.45, 7) is 8.97. The molecule has 3 heteroatoms. The van der Waals surface area contributed by atoms with Crippen molar-refractivity contribution in [1.82, 2.24) is 4.98 Å². The van der Waals surface area contributed by atoms with Crippen LogP contribution in [-0.4, -0.2) is 18.1 Å². The number of nitrogens with zero attached hydrogens (tertiary/aromatic N) is 2. The van der Waals surface area contributed by atoms with E-state index in [-0.39, 0.29) is 0 Å².